The first-order valence-corrected chi connectivity index (χ1v) is 6.02. The molecule has 0 amide bonds. The van der Waals surface area contributed by atoms with Gasteiger partial charge in [0.15, 0.2) is 0 Å². The van der Waals surface area contributed by atoms with E-state index in [9.17, 15) is 9.90 Å². The number of carboxylic acids is 1. The first kappa shape index (κ1) is 11.0. The lowest BCUT2D eigenvalue weighted by Gasteiger charge is -2.20. The van der Waals surface area contributed by atoms with Crippen LogP contribution >= 0.6 is 11.8 Å². The average molecular weight is 260 g/mol. The van der Waals surface area contributed by atoms with Crippen LogP contribution in [0.2, 0.25) is 0 Å². The highest BCUT2D eigenvalue weighted by Gasteiger charge is 2.25. The highest BCUT2D eigenvalue weighted by Crippen LogP contribution is 2.49. The number of ether oxygens (including phenoxy) is 1. The SMILES string of the molecule is O=C(O)c1c(O)ccc2c1Sc1ccccc1O2. The van der Waals surface area contributed by atoms with E-state index in [0.29, 0.717) is 16.4 Å². The molecule has 0 spiro atoms. The van der Waals surface area contributed by atoms with E-state index in [2.05, 4.69) is 0 Å². The minimum absolute atomic E-state index is 0.119. The molecule has 1 aliphatic rings. The summed E-state index contributed by atoms with van der Waals surface area (Å²) >= 11 is 1.29. The standard InChI is InChI=1S/C13H8O4S/c14-7-5-6-9-12(11(7)13(15)16)18-10-4-2-1-3-8(10)17-9/h1-6,14H,(H,15,16). The summed E-state index contributed by atoms with van der Waals surface area (Å²) in [5, 5.41) is 18.8. The molecule has 0 unspecified atom stereocenters. The third-order valence-electron chi connectivity index (χ3n) is 2.59. The molecule has 0 radical (unpaired) electrons. The summed E-state index contributed by atoms with van der Waals surface area (Å²) in [5.41, 5.74) is -0.119. The van der Waals surface area contributed by atoms with Crippen LogP contribution in [0.25, 0.3) is 0 Å². The second-order valence-corrected chi connectivity index (χ2v) is 4.80. The maximum atomic E-state index is 11.2. The van der Waals surface area contributed by atoms with E-state index in [4.69, 9.17) is 9.84 Å². The molecule has 0 aromatic heterocycles. The van der Waals surface area contributed by atoms with Crippen LogP contribution in [0.4, 0.5) is 0 Å². The Kier molecular flexibility index (Phi) is 2.41. The largest absolute Gasteiger partial charge is 0.507 e. The highest BCUT2D eigenvalue weighted by molar-refractivity contribution is 7.99. The minimum atomic E-state index is -1.17. The van der Waals surface area contributed by atoms with Gasteiger partial charge < -0.3 is 14.9 Å². The smallest absolute Gasteiger partial charge is 0.340 e. The summed E-state index contributed by atoms with van der Waals surface area (Å²) in [7, 11) is 0. The fourth-order valence-electron chi connectivity index (χ4n) is 1.79. The van der Waals surface area contributed by atoms with Crippen LogP contribution < -0.4 is 4.74 Å². The molecular formula is C13H8O4S. The van der Waals surface area contributed by atoms with Crippen LogP contribution in [-0.2, 0) is 0 Å². The number of benzene rings is 2. The maximum Gasteiger partial charge on any atom is 0.340 e. The van der Waals surface area contributed by atoms with Crippen molar-refractivity contribution in [2.45, 2.75) is 9.79 Å². The Balaban J connectivity index is 2.19. The summed E-state index contributed by atoms with van der Waals surface area (Å²) in [5.74, 6) is -0.275. The number of carbonyl (C=O) groups is 1. The van der Waals surface area contributed by atoms with Crippen LogP contribution in [0, 0.1) is 0 Å². The lowest BCUT2D eigenvalue weighted by Crippen LogP contribution is -2.04. The summed E-state index contributed by atoms with van der Waals surface area (Å²) in [4.78, 5) is 12.4. The number of carboxylic acid groups (broad SMARTS) is 1. The molecule has 0 fully saturated rings. The minimum Gasteiger partial charge on any atom is -0.507 e. The molecule has 4 nitrogen and oxygen atoms in total. The van der Waals surface area contributed by atoms with Crippen molar-refractivity contribution in [1.82, 2.24) is 0 Å². The topological polar surface area (TPSA) is 66.8 Å². The molecular weight excluding hydrogens is 252 g/mol. The van der Waals surface area contributed by atoms with Crippen molar-refractivity contribution in [2.24, 2.45) is 0 Å². The van der Waals surface area contributed by atoms with Gasteiger partial charge in [0.25, 0.3) is 0 Å². The molecule has 0 saturated carbocycles. The van der Waals surface area contributed by atoms with Crippen molar-refractivity contribution in [3.63, 3.8) is 0 Å². The number of para-hydroxylation sites is 1. The fourth-order valence-corrected chi connectivity index (χ4v) is 2.87. The zero-order valence-electron chi connectivity index (χ0n) is 9.08. The average Bonchev–Trinajstić information content (AvgIpc) is 2.36. The van der Waals surface area contributed by atoms with E-state index in [1.54, 1.807) is 6.07 Å². The van der Waals surface area contributed by atoms with E-state index in [1.165, 1.54) is 17.8 Å². The second kappa shape index (κ2) is 3.96. The molecule has 18 heavy (non-hydrogen) atoms. The van der Waals surface area contributed by atoms with Crippen molar-refractivity contribution >= 4 is 17.7 Å². The van der Waals surface area contributed by atoms with Gasteiger partial charge in [-0.05, 0) is 24.3 Å². The second-order valence-electron chi connectivity index (χ2n) is 3.74. The predicted molar refractivity (Wildman–Crippen MR) is 65.7 cm³/mol. The van der Waals surface area contributed by atoms with Gasteiger partial charge in [0.05, 0.1) is 9.79 Å². The van der Waals surface area contributed by atoms with E-state index < -0.39 is 5.97 Å². The molecule has 2 aromatic carbocycles. The van der Waals surface area contributed by atoms with E-state index in [1.807, 2.05) is 24.3 Å². The van der Waals surface area contributed by atoms with Crippen molar-refractivity contribution < 1.29 is 19.7 Å². The van der Waals surface area contributed by atoms with Crippen molar-refractivity contribution in [3.8, 4) is 17.2 Å². The number of hydrogen-bond donors (Lipinski definition) is 2. The predicted octanol–water partition coefficient (Wildman–Crippen LogP) is 3.35. The van der Waals surface area contributed by atoms with Gasteiger partial charge in [0.2, 0.25) is 0 Å². The molecule has 3 rings (SSSR count). The number of hydrogen-bond acceptors (Lipinski definition) is 4. The van der Waals surface area contributed by atoms with Crippen molar-refractivity contribution in [3.05, 3.63) is 42.0 Å². The van der Waals surface area contributed by atoms with E-state index >= 15 is 0 Å². The summed E-state index contributed by atoms with van der Waals surface area (Å²) < 4.78 is 5.63. The Morgan fingerprint density at radius 2 is 1.89 bits per heavy atom. The summed E-state index contributed by atoms with van der Waals surface area (Å²) in [6, 6.07) is 10.3. The number of rotatable bonds is 1. The first-order valence-electron chi connectivity index (χ1n) is 5.21. The summed E-state index contributed by atoms with van der Waals surface area (Å²) in [6.07, 6.45) is 0. The van der Waals surface area contributed by atoms with Gasteiger partial charge in [-0.2, -0.15) is 0 Å². The Labute approximate surface area is 107 Å². The van der Waals surface area contributed by atoms with Crippen LogP contribution in [0.5, 0.6) is 17.2 Å². The van der Waals surface area contributed by atoms with Crippen LogP contribution in [0.1, 0.15) is 10.4 Å². The first-order chi connectivity index (χ1) is 8.66. The Bertz CT molecular complexity index is 651. The number of phenols is 1. The van der Waals surface area contributed by atoms with Gasteiger partial charge in [-0.1, -0.05) is 23.9 Å². The number of aromatic hydroxyl groups is 1. The Morgan fingerprint density at radius 3 is 2.67 bits per heavy atom. The lowest BCUT2D eigenvalue weighted by atomic mass is 10.2. The molecule has 0 atom stereocenters. The molecule has 0 bridgehead atoms. The Hall–Kier alpha value is -2.14. The number of aromatic carboxylic acids is 1. The van der Waals surface area contributed by atoms with Crippen LogP contribution in [0.15, 0.2) is 46.2 Å². The quantitative estimate of drug-likeness (QED) is 0.702. The van der Waals surface area contributed by atoms with Gasteiger partial charge >= 0.3 is 5.97 Å². The number of fused-ring (bicyclic) bond motifs is 2. The maximum absolute atomic E-state index is 11.2. The molecule has 0 saturated heterocycles. The van der Waals surface area contributed by atoms with Crippen molar-refractivity contribution in [1.29, 1.82) is 0 Å². The zero-order valence-corrected chi connectivity index (χ0v) is 9.90. The van der Waals surface area contributed by atoms with Gasteiger partial charge in [-0.3, -0.25) is 0 Å². The van der Waals surface area contributed by atoms with Crippen LogP contribution in [0.3, 0.4) is 0 Å². The monoisotopic (exact) mass is 260 g/mol. The lowest BCUT2D eigenvalue weighted by molar-refractivity contribution is 0.0689. The molecule has 0 aliphatic carbocycles. The van der Waals surface area contributed by atoms with E-state index in [-0.39, 0.29) is 11.3 Å². The van der Waals surface area contributed by atoms with Gasteiger partial charge in [-0.25, -0.2) is 4.79 Å². The molecule has 2 aromatic rings. The molecule has 90 valence electrons. The normalized spacial score (nSPS) is 12.2. The van der Waals surface area contributed by atoms with Gasteiger partial charge in [0.1, 0.15) is 22.8 Å². The third-order valence-corrected chi connectivity index (χ3v) is 3.76. The Morgan fingerprint density at radius 1 is 1.11 bits per heavy atom. The zero-order chi connectivity index (χ0) is 12.7. The highest BCUT2D eigenvalue weighted by atomic mass is 32.2. The third kappa shape index (κ3) is 1.60. The summed E-state index contributed by atoms with van der Waals surface area (Å²) in [6.45, 7) is 0. The fraction of sp³-hybridized carbons (Fsp3) is 0. The molecule has 2 N–H and O–H groups in total. The van der Waals surface area contributed by atoms with E-state index in [0.717, 1.165) is 4.90 Å². The van der Waals surface area contributed by atoms with Gasteiger partial charge in [-0.15, -0.1) is 0 Å². The molecule has 1 heterocycles. The van der Waals surface area contributed by atoms with Crippen molar-refractivity contribution in [2.75, 3.05) is 0 Å². The van der Waals surface area contributed by atoms with Gasteiger partial charge in [0, 0.05) is 0 Å². The molecule has 5 heteroatoms. The molecule has 1 aliphatic heterocycles. The van der Waals surface area contributed by atoms with Crippen LogP contribution in [-0.4, -0.2) is 16.2 Å².